The zero-order valence-corrected chi connectivity index (χ0v) is 12.3. The third kappa shape index (κ3) is 2.84. The molecule has 1 aromatic carbocycles. The normalized spacial score (nSPS) is 20.1. The lowest BCUT2D eigenvalue weighted by atomic mass is 10.0. The van der Waals surface area contributed by atoms with Gasteiger partial charge in [-0.25, -0.2) is 0 Å². The highest BCUT2D eigenvalue weighted by Crippen LogP contribution is 2.29. The number of likely N-dealkylation sites (tertiary alicyclic amines) is 1. The van der Waals surface area contributed by atoms with Crippen molar-refractivity contribution in [3.63, 3.8) is 0 Å². The highest BCUT2D eigenvalue weighted by atomic mass is 16.5. The predicted octanol–water partition coefficient (Wildman–Crippen LogP) is 2.33. The number of carbonyl (C=O) groups excluding carboxylic acids is 2. The molecule has 2 unspecified atom stereocenters. The number of methoxy groups -OCH3 is 1. The number of benzene rings is 1. The molecule has 0 saturated carbocycles. The number of hydrogen-bond acceptors (Lipinski definition) is 3. The van der Waals surface area contributed by atoms with E-state index in [0.717, 1.165) is 12.0 Å². The molecule has 1 saturated heterocycles. The van der Waals surface area contributed by atoms with Crippen LogP contribution in [-0.2, 0) is 20.7 Å². The molecule has 1 amide bonds. The molecule has 0 N–H and O–H groups in total. The molecule has 0 spiro atoms. The molecular formula is C16H21NO3. The highest BCUT2D eigenvalue weighted by Gasteiger charge is 2.37. The number of hydrogen-bond donors (Lipinski definition) is 0. The minimum absolute atomic E-state index is 0.0111. The van der Waals surface area contributed by atoms with Gasteiger partial charge < -0.3 is 9.64 Å². The Morgan fingerprint density at radius 3 is 2.60 bits per heavy atom. The van der Waals surface area contributed by atoms with Crippen molar-refractivity contribution in [3.05, 3.63) is 35.4 Å². The van der Waals surface area contributed by atoms with E-state index < -0.39 is 0 Å². The first-order chi connectivity index (χ1) is 9.56. The van der Waals surface area contributed by atoms with Crippen molar-refractivity contribution in [2.45, 2.75) is 32.7 Å². The third-order valence-corrected chi connectivity index (χ3v) is 4.03. The maximum atomic E-state index is 12.1. The Balaban J connectivity index is 2.10. The fourth-order valence-electron chi connectivity index (χ4n) is 2.64. The largest absolute Gasteiger partial charge is 0.469 e. The molecule has 1 aromatic rings. The zero-order chi connectivity index (χ0) is 14.7. The van der Waals surface area contributed by atoms with Gasteiger partial charge in [0.15, 0.2) is 0 Å². The average molecular weight is 275 g/mol. The van der Waals surface area contributed by atoms with Gasteiger partial charge in [-0.2, -0.15) is 0 Å². The van der Waals surface area contributed by atoms with E-state index in [9.17, 15) is 9.59 Å². The minimum atomic E-state index is -0.329. The molecule has 0 aromatic heterocycles. The van der Waals surface area contributed by atoms with Crippen molar-refractivity contribution in [1.29, 1.82) is 0 Å². The summed E-state index contributed by atoms with van der Waals surface area (Å²) in [7, 11) is 1.36. The summed E-state index contributed by atoms with van der Waals surface area (Å²) in [5.74, 6) is -0.605. The summed E-state index contributed by atoms with van der Waals surface area (Å²) >= 11 is 0. The van der Waals surface area contributed by atoms with E-state index in [-0.39, 0.29) is 30.3 Å². The van der Waals surface area contributed by atoms with Crippen molar-refractivity contribution in [2.24, 2.45) is 5.92 Å². The van der Waals surface area contributed by atoms with E-state index in [0.29, 0.717) is 6.54 Å². The number of aryl methyl sites for hydroxylation is 1. The van der Waals surface area contributed by atoms with Gasteiger partial charge in [0.1, 0.15) is 0 Å². The minimum Gasteiger partial charge on any atom is -0.469 e. The lowest BCUT2D eigenvalue weighted by Gasteiger charge is -2.25. The molecule has 0 aliphatic carbocycles. The van der Waals surface area contributed by atoms with Crippen molar-refractivity contribution in [2.75, 3.05) is 13.7 Å². The average Bonchev–Trinajstić information content (AvgIpc) is 2.87. The fourth-order valence-corrected chi connectivity index (χ4v) is 2.64. The number of carbonyl (C=O) groups is 2. The molecular weight excluding hydrogens is 254 g/mol. The molecule has 20 heavy (non-hydrogen) atoms. The second-order valence-electron chi connectivity index (χ2n) is 5.24. The maximum Gasteiger partial charge on any atom is 0.310 e. The Labute approximate surface area is 119 Å². The van der Waals surface area contributed by atoms with Crippen molar-refractivity contribution in [3.8, 4) is 0 Å². The molecule has 1 aliphatic heterocycles. The first-order valence-electron chi connectivity index (χ1n) is 7.03. The Morgan fingerprint density at radius 1 is 1.40 bits per heavy atom. The van der Waals surface area contributed by atoms with Crippen LogP contribution in [0.15, 0.2) is 24.3 Å². The number of amides is 1. The van der Waals surface area contributed by atoms with Crippen molar-refractivity contribution in [1.82, 2.24) is 4.90 Å². The van der Waals surface area contributed by atoms with Gasteiger partial charge in [0.25, 0.3) is 0 Å². The highest BCUT2D eigenvalue weighted by molar-refractivity contribution is 5.87. The van der Waals surface area contributed by atoms with Crippen molar-refractivity contribution >= 4 is 11.9 Å². The van der Waals surface area contributed by atoms with Crippen LogP contribution in [0, 0.1) is 5.92 Å². The summed E-state index contributed by atoms with van der Waals surface area (Å²) in [4.78, 5) is 25.4. The monoisotopic (exact) mass is 275 g/mol. The number of esters is 1. The van der Waals surface area contributed by atoms with E-state index in [4.69, 9.17) is 4.74 Å². The lowest BCUT2D eigenvalue weighted by molar-refractivity contribution is -0.145. The van der Waals surface area contributed by atoms with Crippen LogP contribution in [0.3, 0.4) is 0 Å². The summed E-state index contributed by atoms with van der Waals surface area (Å²) in [6, 6.07) is 8.28. The summed E-state index contributed by atoms with van der Waals surface area (Å²) in [6.07, 6.45) is 1.26. The zero-order valence-electron chi connectivity index (χ0n) is 12.3. The number of rotatable bonds is 4. The molecule has 4 nitrogen and oxygen atoms in total. The van der Waals surface area contributed by atoms with Crippen LogP contribution >= 0.6 is 0 Å². The van der Waals surface area contributed by atoms with Crippen LogP contribution in [0.25, 0.3) is 0 Å². The number of ether oxygens (including phenoxy) is 1. The molecule has 1 aliphatic rings. The summed E-state index contributed by atoms with van der Waals surface area (Å²) in [5.41, 5.74) is 2.38. The first kappa shape index (κ1) is 14.6. The van der Waals surface area contributed by atoms with Gasteiger partial charge in [0.2, 0.25) is 5.91 Å². The fraction of sp³-hybridized carbons (Fsp3) is 0.500. The van der Waals surface area contributed by atoms with E-state index in [1.807, 2.05) is 6.92 Å². The molecule has 0 radical (unpaired) electrons. The summed E-state index contributed by atoms with van der Waals surface area (Å²) < 4.78 is 4.73. The van der Waals surface area contributed by atoms with E-state index in [1.165, 1.54) is 12.7 Å². The topological polar surface area (TPSA) is 46.6 Å². The molecule has 4 heteroatoms. The van der Waals surface area contributed by atoms with Crippen LogP contribution in [0.5, 0.6) is 0 Å². The first-order valence-corrected chi connectivity index (χ1v) is 7.03. The van der Waals surface area contributed by atoms with Gasteiger partial charge in [0.05, 0.1) is 19.1 Å². The van der Waals surface area contributed by atoms with Crippen LogP contribution in [0.1, 0.15) is 37.4 Å². The Kier molecular flexibility index (Phi) is 4.42. The standard InChI is InChI=1S/C16H21NO3/c1-4-12-5-7-13(8-6-12)11(2)17-10-14(9-15(17)18)16(19)20-3/h5-8,11,14H,4,9-10H2,1-3H3. The van der Waals surface area contributed by atoms with Gasteiger partial charge in [-0.3, -0.25) is 9.59 Å². The smallest absolute Gasteiger partial charge is 0.310 e. The van der Waals surface area contributed by atoms with Crippen LogP contribution < -0.4 is 0 Å². The van der Waals surface area contributed by atoms with E-state index >= 15 is 0 Å². The second kappa shape index (κ2) is 6.07. The van der Waals surface area contributed by atoms with Gasteiger partial charge in [-0.1, -0.05) is 31.2 Å². The van der Waals surface area contributed by atoms with Crippen LogP contribution in [0.2, 0.25) is 0 Å². The molecule has 2 rings (SSSR count). The van der Waals surface area contributed by atoms with Crippen LogP contribution in [-0.4, -0.2) is 30.4 Å². The molecule has 0 bridgehead atoms. The summed E-state index contributed by atoms with van der Waals surface area (Å²) in [6.45, 7) is 4.56. The molecule has 2 atom stereocenters. The van der Waals surface area contributed by atoms with Gasteiger partial charge in [0, 0.05) is 13.0 Å². The SMILES string of the molecule is CCc1ccc(C(C)N2CC(C(=O)OC)CC2=O)cc1. The Hall–Kier alpha value is -1.84. The lowest BCUT2D eigenvalue weighted by Crippen LogP contribution is -2.29. The van der Waals surface area contributed by atoms with Gasteiger partial charge in [-0.05, 0) is 24.5 Å². The van der Waals surface area contributed by atoms with Gasteiger partial charge >= 0.3 is 5.97 Å². The van der Waals surface area contributed by atoms with E-state index in [1.54, 1.807) is 4.90 Å². The predicted molar refractivity (Wildman–Crippen MR) is 76.1 cm³/mol. The quantitative estimate of drug-likeness (QED) is 0.792. The third-order valence-electron chi connectivity index (χ3n) is 4.03. The van der Waals surface area contributed by atoms with E-state index in [2.05, 4.69) is 31.2 Å². The Bertz CT molecular complexity index is 495. The number of nitrogens with zero attached hydrogens (tertiary/aromatic N) is 1. The van der Waals surface area contributed by atoms with Crippen LogP contribution in [0.4, 0.5) is 0 Å². The molecule has 1 fully saturated rings. The summed E-state index contributed by atoms with van der Waals surface area (Å²) in [5, 5.41) is 0. The maximum absolute atomic E-state index is 12.1. The molecule has 108 valence electrons. The van der Waals surface area contributed by atoms with Crippen molar-refractivity contribution < 1.29 is 14.3 Å². The molecule has 1 heterocycles. The Morgan fingerprint density at radius 2 is 2.05 bits per heavy atom. The second-order valence-corrected chi connectivity index (χ2v) is 5.24. The van der Waals surface area contributed by atoms with Gasteiger partial charge in [-0.15, -0.1) is 0 Å².